The number of carbonyl (C=O) groups excluding carboxylic acids is 1. The molecule has 21 heavy (non-hydrogen) atoms. The Bertz CT molecular complexity index is 659. The predicted molar refractivity (Wildman–Crippen MR) is 76.5 cm³/mol. The Balaban J connectivity index is 3.32. The van der Waals surface area contributed by atoms with Crippen LogP contribution in [0.3, 0.4) is 0 Å². The molecular weight excluding hydrogens is 300 g/mol. The molecule has 10 heteroatoms. The maximum Gasteiger partial charge on any atom is 0.312 e. The summed E-state index contributed by atoms with van der Waals surface area (Å²) in [5.41, 5.74) is -0.507. The summed E-state index contributed by atoms with van der Waals surface area (Å²) < 4.78 is 26.6. The largest absolute Gasteiger partial charge is 0.383 e. The minimum absolute atomic E-state index is 0.0653. The first-order valence-corrected chi connectivity index (χ1v) is 7.42. The summed E-state index contributed by atoms with van der Waals surface area (Å²) in [4.78, 5) is 21.2. The number of sulfonamides is 1. The molecule has 0 aliphatic rings. The zero-order valence-electron chi connectivity index (χ0n) is 11.7. The van der Waals surface area contributed by atoms with E-state index in [4.69, 9.17) is 0 Å². The number of nitrogens with zero attached hydrogens (tertiary/aromatic N) is 1. The lowest BCUT2D eigenvalue weighted by Gasteiger charge is -2.13. The van der Waals surface area contributed by atoms with Crippen LogP contribution in [0.25, 0.3) is 0 Å². The number of carbonyl (C=O) groups is 1. The highest BCUT2D eigenvalue weighted by molar-refractivity contribution is 7.89. The maximum atomic E-state index is 12.2. The van der Waals surface area contributed by atoms with Gasteiger partial charge >= 0.3 is 5.69 Å². The van der Waals surface area contributed by atoms with Crippen molar-refractivity contribution < 1.29 is 18.1 Å². The smallest absolute Gasteiger partial charge is 0.312 e. The van der Waals surface area contributed by atoms with Crippen molar-refractivity contribution in [3.05, 3.63) is 28.3 Å². The Labute approximate surface area is 121 Å². The molecule has 1 aromatic rings. The van der Waals surface area contributed by atoms with Gasteiger partial charge in [0, 0.05) is 14.1 Å². The number of nitro benzene ring substituents is 1. The fourth-order valence-electron chi connectivity index (χ4n) is 1.70. The van der Waals surface area contributed by atoms with Crippen LogP contribution in [0.2, 0.25) is 0 Å². The van der Waals surface area contributed by atoms with Gasteiger partial charge in [0.05, 0.1) is 11.0 Å². The molecule has 1 amide bonds. The van der Waals surface area contributed by atoms with Crippen LogP contribution in [0.5, 0.6) is 0 Å². The Hall–Kier alpha value is -2.20. The van der Waals surface area contributed by atoms with Gasteiger partial charge in [-0.25, -0.2) is 8.42 Å². The normalized spacial score (nSPS) is 12.5. The molecule has 0 saturated heterocycles. The molecule has 9 nitrogen and oxygen atoms in total. The zero-order chi connectivity index (χ0) is 16.2. The van der Waals surface area contributed by atoms with Gasteiger partial charge in [-0.1, -0.05) is 6.07 Å². The van der Waals surface area contributed by atoms with Gasteiger partial charge < -0.3 is 10.6 Å². The number of para-hydroxylation sites is 1. The van der Waals surface area contributed by atoms with E-state index in [1.54, 1.807) is 0 Å². The highest BCUT2D eigenvalue weighted by atomic mass is 32.2. The number of hydrogen-bond acceptors (Lipinski definition) is 6. The van der Waals surface area contributed by atoms with Gasteiger partial charge in [-0.3, -0.25) is 14.9 Å². The van der Waals surface area contributed by atoms with E-state index in [0.29, 0.717) is 0 Å². The van der Waals surface area contributed by atoms with Crippen LogP contribution in [-0.2, 0) is 14.8 Å². The highest BCUT2D eigenvalue weighted by Gasteiger charge is 2.30. The predicted octanol–water partition coefficient (Wildman–Crippen LogP) is 0.0493. The number of amides is 1. The molecule has 1 unspecified atom stereocenters. The van der Waals surface area contributed by atoms with Crippen molar-refractivity contribution in [1.29, 1.82) is 0 Å². The number of nitro groups is 1. The topological polar surface area (TPSA) is 130 Å². The average molecular weight is 316 g/mol. The summed E-state index contributed by atoms with van der Waals surface area (Å²) in [5.74, 6) is -0.550. The van der Waals surface area contributed by atoms with Crippen molar-refractivity contribution in [2.24, 2.45) is 0 Å². The second kappa shape index (κ2) is 6.50. The van der Waals surface area contributed by atoms with Gasteiger partial charge in [-0.15, -0.1) is 0 Å². The van der Waals surface area contributed by atoms with E-state index in [9.17, 15) is 23.3 Å². The first-order chi connectivity index (χ1) is 9.74. The molecule has 0 aromatic heterocycles. The van der Waals surface area contributed by atoms with Crippen molar-refractivity contribution >= 4 is 27.3 Å². The van der Waals surface area contributed by atoms with Gasteiger partial charge in [0.15, 0.2) is 4.90 Å². The van der Waals surface area contributed by atoms with Crippen molar-refractivity contribution in [2.75, 3.05) is 19.4 Å². The van der Waals surface area contributed by atoms with Gasteiger partial charge in [0.25, 0.3) is 0 Å². The Morgan fingerprint density at radius 2 is 1.95 bits per heavy atom. The van der Waals surface area contributed by atoms with E-state index in [-0.39, 0.29) is 5.69 Å². The molecule has 0 bridgehead atoms. The summed E-state index contributed by atoms with van der Waals surface area (Å²) in [6, 6.07) is 2.81. The molecule has 0 fully saturated rings. The number of rotatable bonds is 6. The molecule has 116 valence electrons. The van der Waals surface area contributed by atoms with E-state index < -0.39 is 37.5 Å². The molecule has 1 rings (SSSR count). The second-order valence-electron chi connectivity index (χ2n) is 4.12. The average Bonchev–Trinajstić information content (AvgIpc) is 2.44. The van der Waals surface area contributed by atoms with E-state index in [0.717, 1.165) is 6.07 Å². The third-order valence-corrected chi connectivity index (χ3v) is 4.28. The fourth-order valence-corrected chi connectivity index (χ4v) is 3.09. The number of nitrogens with one attached hydrogen (secondary N) is 3. The number of anilines is 1. The lowest BCUT2D eigenvalue weighted by molar-refractivity contribution is -0.386. The Morgan fingerprint density at radius 3 is 2.43 bits per heavy atom. The van der Waals surface area contributed by atoms with Crippen LogP contribution in [0.1, 0.15) is 6.92 Å². The molecule has 1 aromatic carbocycles. The third-order valence-electron chi connectivity index (χ3n) is 2.71. The number of hydrogen-bond donors (Lipinski definition) is 3. The molecule has 3 N–H and O–H groups in total. The molecule has 0 spiro atoms. The Morgan fingerprint density at radius 1 is 1.33 bits per heavy atom. The summed E-state index contributed by atoms with van der Waals surface area (Å²) in [6.45, 7) is 1.34. The third kappa shape index (κ3) is 3.67. The monoisotopic (exact) mass is 316 g/mol. The summed E-state index contributed by atoms with van der Waals surface area (Å²) >= 11 is 0. The first kappa shape index (κ1) is 16.9. The van der Waals surface area contributed by atoms with E-state index in [1.165, 1.54) is 33.2 Å². The van der Waals surface area contributed by atoms with E-state index >= 15 is 0 Å². The summed E-state index contributed by atoms with van der Waals surface area (Å²) in [7, 11) is -1.41. The minimum Gasteiger partial charge on any atom is -0.383 e. The van der Waals surface area contributed by atoms with Crippen LogP contribution in [0.4, 0.5) is 11.4 Å². The van der Waals surface area contributed by atoms with Crippen molar-refractivity contribution in [3.8, 4) is 0 Å². The van der Waals surface area contributed by atoms with Gasteiger partial charge in [0.2, 0.25) is 15.9 Å². The molecule has 0 aliphatic carbocycles. The minimum atomic E-state index is -4.22. The molecule has 0 aliphatic heterocycles. The van der Waals surface area contributed by atoms with Crippen molar-refractivity contribution in [3.63, 3.8) is 0 Å². The Kier molecular flexibility index (Phi) is 5.22. The zero-order valence-corrected chi connectivity index (χ0v) is 12.5. The van der Waals surface area contributed by atoms with Crippen molar-refractivity contribution in [2.45, 2.75) is 17.9 Å². The lowest BCUT2D eigenvalue weighted by atomic mass is 10.3. The molecular formula is C11H16N4O5S. The van der Waals surface area contributed by atoms with Gasteiger partial charge in [0.1, 0.15) is 5.69 Å². The summed E-state index contributed by atoms with van der Waals surface area (Å²) in [6.07, 6.45) is 0. The van der Waals surface area contributed by atoms with Crippen molar-refractivity contribution in [1.82, 2.24) is 10.0 Å². The fraction of sp³-hybridized carbons (Fsp3) is 0.364. The molecule has 0 saturated carbocycles. The van der Waals surface area contributed by atoms with Crippen LogP contribution in [0.15, 0.2) is 23.1 Å². The number of benzene rings is 1. The second-order valence-corrected chi connectivity index (χ2v) is 5.80. The maximum absolute atomic E-state index is 12.2. The molecule has 0 heterocycles. The lowest BCUT2D eigenvalue weighted by Crippen LogP contribution is -2.43. The number of likely N-dealkylation sites (N-methyl/N-ethyl adjacent to an activating group) is 1. The van der Waals surface area contributed by atoms with Gasteiger partial charge in [-0.2, -0.15) is 4.72 Å². The van der Waals surface area contributed by atoms with Gasteiger partial charge in [-0.05, 0) is 19.1 Å². The quantitative estimate of drug-likeness (QED) is 0.502. The van der Waals surface area contributed by atoms with E-state index in [2.05, 4.69) is 15.4 Å². The SMILES string of the molecule is CNC(=O)C(C)NS(=O)(=O)c1cccc(NC)c1[N+](=O)[O-]. The molecule has 0 radical (unpaired) electrons. The first-order valence-electron chi connectivity index (χ1n) is 5.93. The van der Waals surface area contributed by atoms with Crippen LogP contribution in [0, 0.1) is 10.1 Å². The standard InChI is InChI=1S/C11H16N4O5S/c1-7(11(16)13-3)14-21(19,20)9-6-4-5-8(12-2)10(9)15(17)18/h4-7,12,14H,1-3H3,(H,13,16). The van der Waals surface area contributed by atoms with Crippen LogP contribution < -0.4 is 15.4 Å². The van der Waals surface area contributed by atoms with Crippen LogP contribution >= 0.6 is 0 Å². The van der Waals surface area contributed by atoms with E-state index in [1.807, 2.05) is 0 Å². The molecule has 1 atom stereocenters. The highest BCUT2D eigenvalue weighted by Crippen LogP contribution is 2.31. The summed E-state index contributed by atoms with van der Waals surface area (Å²) in [5, 5.41) is 16.0. The van der Waals surface area contributed by atoms with Crippen LogP contribution in [-0.4, -0.2) is 39.4 Å².